The molecule has 0 spiro atoms. The Hall–Kier alpha value is -1.45. The number of nitrogens with one attached hydrogen (secondary N) is 2. The van der Waals surface area contributed by atoms with Crippen LogP contribution < -0.4 is 5.32 Å². The minimum atomic E-state index is 0.726. The van der Waals surface area contributed by atoms with E-state index in [0.29, 0.717) is 0 Å². The van der Waals surface area contributed by atoms with E-state index < -0.39 is 0 Å². The first kappa shape index (κ1) is 12.6. The van der Waals surface area contributed by atoms with Crippen molar-refractivity contribution in [2.24, 2.45) is 0 Å². The molecule has 0 bridgehead atoms. The first-order chi connectivity index (χ1) is 9.24. The minimum Gasteiger partial charge on any atom is -0.380 e. The summed E-state index contributed by atoms with van der Waals surface area (Å²) in [7, 11) is 0. The third-order valence-corrected chi connectivity index (χ3v) is 3.97. The Balaban J connectivity index is 1.82. The molecule has 0 saturated heterocycles. The Labute approximate surface area is 124 Å². The largest absolute Gasteiger partial charge is 0.380 e. The van der Waals surface area contributed by atoms with Gasteiger partial charge in [0.1, 0.15) is 0 Å². The van der Waals surface area contributed by atoms with Crippen LogP contribution in [0.15, 0.2) is 53.1 Å². The van der Waals surface area contributed by atoms with Crippen LogP contribution in [0.4, 0.5) is 5.69 Å². The molecule has 0 atom stereocenters. The summed E-state index contributed by atoms with van der Waals surface area (Å²) < 4.78 is 0.972. The molecular weight excluding hydrogens is 324 g/mol. The number of fused-ring (bicyclic) bond motifs is 1. The molecular formula is C15H12BrClN2. The zero-order valence-electron chi connectivity index (χ0n) is 10.1. The topological polar surface area (TPSA) is 27.8 Å². The van der Waals surface area contributed by atoms with Crippen LogP contribution in [0.5, 0.6) is 0 Å². The maximum Gasteiger partial charge on any atom is 0.0488 e. The van der Waals surface area contributed by atoms with Gasteiger partial charge in [-0.3, -0.25) is 0 Å². The Bertz CT molecular complexity index is 721. The highest BCUT2D eigenvalue weighted by Gasteiger charge is 2.04. The molecule has 19 heavy (non-hydrogen) atoms. The first-order valence-corrected chi connectivity index (χ1v) is 7.15. The molecule has 0 unspecified atom stereocenters. The van der Waals surface area contributed by atoms with Gasteiger partial charge in [-0.1, -0.05) is 29.8 Å². The van der Waals surface area contributed by atoms with Gasteiger partial charge in [-0.15, -0.1) is 0 Å². The lowest BCUT2D eigenvalue weighted by atomic mass is 10.2. The lowest BCUT2D eigenvalue weighted by Gasteiger charge is -2.08. The predicted octanol–water partition coefficient (Wildman–Crippen LogP) is 5.20. The van der Waals surface area contributed by atoms with E-state index in [-0.39, 0.29) is 0 Å². The summed E-state index contributed by atoms with van der Waals surface area (Å²) in [6.07, 6.45) is 2.04. The van der Waals surface area contributed by atoms with Crippen molar-refractivity contribution in [2.75, 3.05) is 5.32 Å². The minimum absolute atomic E-state index is 0.726. The van der Waals surface area contributed by atoms with Crippen LogP contribution in [0.2, 0.25) is 5.02 Å². The standard InChI is InChI=1S/C15H12BrClN2/c16-13-7-11(17)5-6-15(13)19-9-10-8-18-14-4-2-1-3-12(10)14/h1-8,18-19H,9H2. The van der Waals surface area contributed by atoms with E-state index in [2.05, 4.69) is 44.4 Å². The van der Waals surface area contributed by atoms with Crippen LogP contribution in [0, 0.1) is 0 Å². The smallest absolute Gasteiger partial charge is 0.0488 e. The molecule has 0 aliphatic carbocycles. The van der Waals surface area contributed by atoms with Gasteiger partial charge in [0, 0.05) is 38.8 Å². The normalized spacial score (nSPS) is 10.8. The molecule has 0 saturated carbocycles. The number of halogens is 2. The number of benzene rings is 2. The summed E-state index contributed by atoms with van der Waals surface area (Å²) in [4.78, 5) is 3.28. The quantitative estimate of drug-likeness (QED) is 0.677. The van der Waals surface area contributed by atoms with Crippen LogP contribution in [0.3, 0.4) is 0 Å². The molecule has 0 aliphatic rings. The van der Waals surface area contributed by atoms with Gasteiger partial charge in [-0.2, -0.15) is 0 Å². The summed E-state index contributed by atoms with van der Waals surface area (Å²) in [5, 5.41) is 5.39. The van der Waals surface area contributed by atoms with E-state index in [1.54, 1.807) is 0 Å². The van der Waals surface area contributed by atoms with Gasteiger partial charge in [0.15, 0.2) is 0 Å². The number of para-hydroxylation sites is 1. The summed E-state index contributed by atoms with van der Waals surface area (Å²) in [5.74, 6) is 0. The highest BCUT2D eigenvalue weighted by molar-refractivity contribution is 9.10. The SMILES string of the molecule is Clc1ccc(NCc2c[nH]c3ccccc23)c(Br)c1. The van der Waals surface area contributed by atoms with E-state index in [4.69, 9.17) is 11.6 Å². The molecule has 1 heterocycles. The number of anilines is 1. The second-order valence-electron chi connectivity index (χ2n) is 4.34. The second kappa shape index (κ2) is 5.27. The first-order valence-electron chi connectivity index (χ1n) is 5.98. The van der Waals surface area contributed by atoms with Crippen molar-refractivity contribution >= 4 is 44.1 Å². The number of aromatic amines is 1. The number of hydrogen-bond donors (Lipinski definition) is 2. The second-order valence-corrected chi connectivity index (χ2v) is 5.63. The third kappa shape index (κ3) is 2.62. The highest BCUT2D eigenvalue weighted by Crippen LogP contribution is 2.27. The van der Waals surface area contributed by atoms with E-state index in [9.17, 15) is 0 Å². The fraction of sp³-hybridized carbons (Fsp3) is 0.0667. The molecule has 2 nitrogen and oxygen atoms in total. The summed E-state index contributed by atoms with van der Waals surface area (Å²) in [6, 6.07) is 14.0. The lowest BCUT2D eigenvalue weighted by molar-refractivity contribution is 1.16. The van der Waals surface area contributed by atoms with Crippen molar-refractivity contribution in [1.82, 2.24) is 4.98 Å². The van der Waals surface area contributed by atoms with Gasteiger partial charge in [-0.25, -0.2) is 0 Å². The predicted molar refractivity (Wildman–Crippen MR) is 84.8 cm³/mol. The van der Waals surface area contributed by atoms with Gasteiger partial charge < -0.3 is 10.3 Å². The molecule has 96 valence electrons. The van der Waals surface area contributed by atoms with Crippen molar-refractivity contribution in [1.29, 1.82) is 0 Å². The van der Waals surface area contributed by atoms with Gasteiger partial charge in [0.2, 0.25) is 0 Å². The van der Waals surface area contributed by atoms with Crippen LogP contribution in [0.25, 0.3) is 10.9 Å². The van der Waals surface area contributed by atoms with Crippen LogP contribution in [-0.4, -0.2) is 4.98 Å². The monoisotopic (exact) mass is 334 g/mol. The van der Waals surface area contributed by atoms with Crippen molar-refractivity contribution in [3.63, 3.8) is 0 Å². The fourth-order valence-electron chi connectivity index (χ4n) is 2.10. The highest BCUT2D eigenvalue weighted by atomic mass is 79.9. The van der Waals surface area contributed by atoms with Crippen LogP contribution in [0.1, 0.15) is 5.56 Å². The Morgan fingerprint density at radius 3 is 2.84 bits per heavy atom. The van der Waals surface area contributed by atoms with E-state index in [1.165, 1.54) is 10.9 Å². The molecule has 0 amide bonds. The van der Waals surface area contributed by atoms with Crippen molar-refractivity contribution < 1.29 is 0 Å². The van der Waals surface area contributed by atoms with E-state index in [1.807, 2.05) is 30.5 Å². The Morgan fingerprint density at radius 2 is 2.00 bits per heavy atom. The van der Waals surface area contributed by atoms with Crippen LogP contribution in [-0.2, 0) is 6.54 Å². The Morgan fingerprint density at radius 1 is 1.16 bits per heavy atom. The van der Waals surface area contributed by atoms with Crippen LogP contribution >= 0.6 is 27.5 Å². The third-order valence-electron chi connectivity index (χ3n) is 3.08. The average molecular weight is 336 g/mol. The molecule has 0 radical (unpaired) electrons. The van der Waals surface area contributed by atoms with Gasteiger partial charge in [0.25, 0.3) is 0 Å². The van der Waals surface area contributed by atoms with Gasteiger partial charge >= 0.3 is 0 Å². The number of hydrogen-bond acceptors (Lipinski definition) is 1. The van der Waals surface area contributed by atoms with E-state index in [0.717, 1.165) is 27.2 Å². The molecule has 3 rings (SSSR count). The van der Waals surface area contributed by atoms with Crippen molar-refractivity contribution in [3.8, 4) is 0 Å². The molecule has 1 aromatic heterocycles. The summed E-state index contributed by atoms with van der Waals surface area (Å²) >= 11 is 9.44. The zero-order chi connectivity index (χ0) is 13.2. The number of rotatable bonds is 3. The lowest BCUT2D eigenvalue weighted by Crippen LogP contribution is -1.99. The molecule has 2 aromatic carbocycles. The summed E-state index contributed by atoms with van der Waals surface area (Å²) in [6.45, 7) is 0.768. The zero-order valence-corrected chi connectivity index (χ0v) is 12.4. The molecule has 0 fully saturated rings. The summed E-state index contributed by atoms with van der Waals surface area (Å²) in [5.41, 5.74) is 3.45. The van der Waals surface area contributed by atoms with Gasteiger partial charge in [0.05, 0.1) is 0 Å². The Kier molecular flexibility index (Phi) is 3.49. The van der Waals surface area contributed by atoms with Crippen molar-refractivity contribution in [3.05, 3.63) is 63.7 Å². The molecule has 4 heteroatoms. The van der Waals surface area contributed by atoms with Crippen molar-refractivity contribution in [2.45, 2.75) is 6.54 Å². The molecule has 0 aliphatic heterocycles. The van der Waals surface area contributed by atoms with E-state index >= 15 is 0 Å². The number of aromatic nitrogens is 1. The fourth-order valence-corrected chi connectivity index (χ4v) is 2.92. The van der Waals surface area contributed by atoms with Gasteiger partial charge in [-0.05, 0) is 45.8 Å². The molecule has 2 N–H and O–H groups in total. The maximum absolute atomic E-state index is 5.93. The number of H-pyrrole nitrogens is 1. The average Bonchev–Trinajstić information content (AvgIpc) is 2.81. The maximum atomic E-state index is 5.93. The molecule has 3 aromatic rings.